The second-order valence-electron chi connectivity index (χ2n) is 1.26. The summed E-state index contributed by atoms with van der Waals surface area (Å²) >= 11 is 0. The Balaban J connectivity index is 2.58. The van der Waals surface area contributed by atoms with E-state index in [2.05, 4.69) is 14.5 Å². The SMILES string of the molecule is O=[PH](O)Oc1ncc[nH]1. The van der Waals surface area contributed by atoms with Crippen molar-refractivity contribution < 1.29 is 14.0 Å². The molecule has 6 heteroatoms. The Morgan fingerprint density at radius 2 is 2.67 bits per heavy atom. The average molecular weight is 148 g/mol. The van der Waals surface area contributed by atoms with Gasteiger partial charge in [-0.1, -0.05) is 0 Å². The Morgan fingerprint density at radius 1 is 1.89 bits per heavy atom. The van der Waals surface area contributed by atoms with Crippen molar-refractivity contribution in [3.05, 3.63) is 12.4 Å². The maximum atomic E-state index is 9.97. The number of aromatic nitrogens is 2. The second kappa shape index (κ2) is 2.66. The van der Waals surface area contributed by atoms with Gasteiger partial charge in [0.2, 0.25) is 0 Å². The van der Waals surface area contributed by atoms with Crippen molar-refractivity contribution >= 4 is 8.25 Å². The Morgan fingerprint density at radius 3 is 3.11 bits per heavy atom. The van der Waals surface area contributed by atoms with Gasteiger partial charge in [0.15, 0.2) is 0 Å². The number of aromatic amines is 1. The first-order valence-corrected chi connectivity index (χ1v) is 3.45. The van der Waals surface area contributed by atoms with Crippen LogP contribution in [0.4, 0.5) is 0 Å². The Bertz CT molecular complexity index is 197. The summed E-state index contributed by atoms with van der Waals surface area (Å²) in [6.07, 6.45) is 2.93. The van der Waals surface area contributed by atoms with E-state index in [9.17, 15) is 4.57 Å². The second-order valence-corrected chi connectivity index (χ2v) is 2.00. The number of nitrogens with zero attached hydrogens (tertiary/aromatic N) is 1. The van der Waals surface area contributed by atoms with Gasteiger partial charge in [0.05, 0.1) is 0 Å². The van der Waals surface area contributed by atoms with Crippen LogP contribution in [0.1, 0.15) is 0 Å². The van der Waals surface area contributed by atoms with E-state index in [0.717, 1.165) is 0 Å². The van der Waals surface area contributed by atoms with E-state index in [-0.39, 0.29) is 6.01 Å². The Labute approximate surface area is 51.6 Å². The summed E-state index contributed by atoms with van der Waals surface area (Å²) in [6.45, 7) is 0. The Kier molecular flexibility index (Phi) is 1.87. The molecule has 0 fully saturated rings. The van der Waals surface area contributed by atoms with Crippen LogP contribution in [-0.4, -0.2) is 14.9 Å². The van der Waals surface area contributed by atoms with Gasteiger partial charge >= 0.3 is 8.25 Å². The fourth-order valence-corrected chi connectivity index (χ4v) is 0.666. The van der Waals surface area contributed by atoms with Crippen molar-refractivity contribution in [1.29, 1.82) is 0 Å². The van der Waals surface area contributed by atoms with Gasteiger partial charge < -0.3 is 14.4 Å². The molecule has 50 valence electrons. The molecule has 0 aliphatic carbocycles. The number of nitrogens with one attached hydrogen (secondary N) is 1. The Hall–Kier alpha value is -0.800. The summed E-state index contributed by atoms with van der Waals surface area (Å²) in [5, 5.41) is 0. The van der Waals surface area contributed by atoms with E-state index in [0.29, 0.717) is 0 Å². The van der Waals surface area contributed by atoms with Crippen molar-refractivity contribution in [2.75, 3.05) is 0 Å². The van der Waals surface area contributed by atoms with Gasteiger partial charge in [-0.25, -0.2) is 9.55 Å². The number of H-pyrrole nitrogens is 1. The van der Waals surface area contributed by atoms with Crippen LogP contribution in [0.15, 0.2) is 12.4 Å². The van der Waals surface area contributed by atoms with Gasteiger partial charge in [-0.05, 0) is 0 Å². The van der Waals surface area contributed by atoms with Crippen LogP contribution < -0.4 is 4.52 Å². The highest BCUT2D eigenvalue weighted by molar-refractivity contribution is 7.32. The topological polar surface area (TPSA) is 75.2 Å². The molecule has 0 amide bonds. The minimum absolute atomic E-state index is 0.0707. The normalized spacial score (nSPS) is 13.0. The monoisotopic (exact) mass is 148 g/mol. The van der Waals surface area contributed by atoms with Gasteiger partial charge in [-0.2, -0.15) is 0 Å². The summed E-state index contributed by atoms with van der Waals surface area (Å²) in [5.74, 6) is 0. The third-order valence-electron chi connectivity index (χ3n) is 0.657. The zero-order valence-electron chi connectivity index (χ0n) is 4.37. The first kappa shape index (κ1) is 6.32. The highest BCUT2D eigenvalue weighted by Gasteiger charge is 1.95. The predicted molar refractivity (Wildman–Crippen MR) is 30.4 cm³/mol. The zero-order valence-corrected chi connectivity index (χ0v) is 5.37. The van der Waals surface area contributed by atoms with E-state index in [1.807, 2.05) is 0 Å². The molecule has 5 nitrogen and oxygen atoms in total. The number of hydrogen-bond donors (Lipinski definition) is 2. The first-order valence-electron chi connectivity index (χ1n) is 2.19. The maximum Gasteiger partial charge on any atom is 0.367 e. The third kappa shape index (κ3) is 1.87. The molecule has 0 radical (unpaired) electrons. The van der Waals surface area contributed by atoms with Crippen LogP contribution in [0, 0.1) is 0 Å². The highest BCUT2D eigenvalue weighted by atomic mass is 31.1. The number of imidazole rings is 1. The predicted octanol–water partition coefficient (Wildman–Crippen LogP) is 0.170. The molecule has 1 atom stereocenters. The zero-order chi connectivity index (χ0) is 6.69. The summed E-state index contributed by atoms with van der Waals surface area (Å²) in [5.41, 5.74) is 0. The minimum atomic E-state index is -2.90. The lowest BCUT2D eigenvalue weighted by Gasteiger charge is -1.91. The number of rotatable bonds is 2. The minimum Gasteiger partial charge on any atom is -0.393 e. The molecule has 2 N–H and O–H groups in total. The summed E-state index contributed by atoms with van der Waals surface area (Å²) in [7, 11) is -2.90. The molecule has 1 heterocycles. The molecule has 0 aromatic carbocycles. The molecule has 0 spiro atoms. The van der Waals surface area contributed by atoms with Crippen LogP contribution in [-0.2, 0) is 4.57 Å². The highest BCUT2D eigenvalue weighted by Crippen LogP contribution is 2.16. The van der Waals surface area contributed by atoms with Crippen molar-refractivity contribution in [3.8, 4) is 6.01 Å². The summed E-state index contributed by atoms with van der Waals surface area (Å²) in [6, 6.07) is 0.0707. The van der Waals surface area contributed by atoms with Crippen molar-refractivity contribution in [2.24, 2.45) is 0 Å². The van der Waals surface area contributed by atoms with Crippen LogP contribution in [0.25, 0.3) is 0 Å². The van der Waals surface area contributed by atoms with Crippen LogP contribution in [0.3, 0.4) is 0 Å². The first-order chi connectivity index (χ1) is 4.29. The molecule has 0 saturated carbocycles. The van der Waals surface area contributed by atoms with E-state index in [1.165, 1.54) is 12.4 Å². The molecule has 0 aliphatic rings. The molecular weight excluding hydrogens is 143 g/mol. The molecular formula is C3H5N2O3P. The molecule has 9 heavy (non-hydrogen) atoms. The van der Waals surface area contributed by atoms with Gasteiger partial charge in [-0.3, -0.25) is 0 Å². The lowest BCUT2D eigenvalue weighted by molar-refractivity contribution is 0.398. The maximum absolute atomic E-state index is 9.97. The third-order valence-corrected chi connectivity index (χ3v) is 1.03. The fraction of sp³-hybridized carbons (Fsp3) is 0. The molecule has 1 aromatic heterocycles. The van der Waals surface area contributed by atoms with Crippen molar-refractivity contribution in [3.63, 3.8) is 0 Å². The molecule has 1 unspecified atom stereocenters. The number of hydrogen-bond acceptors (Lipinski definition) is 3. The van der Waals surface area contributed by atoms with Crippen molar-refractivity contribution in [1.82, 2.24) is 9.97 Å². The van der Waals surface area contributed by atoms with Crippen LogP contribution in [0.5, 0.6) is 6.01 Å². The van der Waals surface area contributed by atoms with Gasteiger partial charge in [0.25, 0.3) is 6.01 Å². The van der Waals surface area contributed by atoms with Gasteiger partial charge in [0.1, 0.15) is 0 Å². The smallest absolute Gasteiger partial charge is 0.367 e. The molecule has 0 saturated heterocycles. The standard InChI is InChI=1S/C3H5N2O3P/c6-9(7)8-3-4-1-2-5-3/h1-2,9H,(H,4,5)(H,6,7). The van der Waals surface area contributed by atoms with E-state index in [4.69, 9.17) is 4.89 Å². The summed E-state index contributed by atoms with van der Waals surface area (Å²) < 4.78 is 14.3. The molecule has 1 rings (SSSR count). The van der Waals surface area contributed by atoms with E-state index < -0.39 is 8.25 Å². The lowest BCUT2D eigenvalue weighted by atomic mass is 11.0. The largest absolute Gasteiger partial charge is 0.393 e. The van der Waals surface area contributed by atoms with Crippen LogP contribution in [0.2, 0.25) is 0 Å². The summed E-state index contributed by atoms with van der Waals surface area (Å²) in [4.78, 5) is 14.2. The van der Waals surface area contributed by atoms with E-state index >= 15 is 0 Å². The van der Waals surface area contributed by atoms with E-state index in [1.54, 1.807) is 0 Å². The molecule has 0 aliphatic heterocycles. The van der Waals surface area contributed by atoms with Gasteiger partial charge in [0, 0.05) is 12.4 Å². The molecule has 1 aromatic rings. The quantitative estimate of drug-likeness (QED) is 0.586. The lowest BCUT2D eigenvalue weighted by Crippen LogP contribution is -1.80. The van der Waals surface area contributed by atoms with Crippen LogP contribution >= 0.6 is 8.25 Å². The van der Waals surface area contributed by atoms with Crippen molar-refractivity contribution in [2.45, 2.75) is 0 Å². The van der Waals surface area contributed by atoms with Gasteiger partial charge in [-0.15, -0.1) is 0 Å². The molecule has 0 bridgehead atoms. The fourth-order valence-electron chi connectivity index (χ4n) is 0.389. The average Bonchev–Trinajstić information content (AvgIpc) is 2.15.